The van der Waals surface area contributed by atoms with E-state index in [1.54, 1.807) is 35.0 Å². The molecule has 1 N–H and O–H groups in total. The minimum atomic E-state index is -2.99. The zero-order valence-electron chi connectivity index (χ0n) is 13.8. The molecule has 2 atom stereocenters. The number of hydrogen-bond acceptors (Lipinski definition) is 4. The molecule has 0 amide bonds. The minimum absolute atomic E-state index is 0.0322. The normalized spacial score (nSPS) is 18.9. The molecular formula is C18H14ClF3N4O. The van der Waals surface area contributed by atoms with E-state index < -0.39 is 18.7 Å². The van der Waals surface area contributed by atoms with Crippen LogP contribution in [0.3, 0.4) is 0 Å². The molecule has 5 nitrogen and oxygen atoms in total. The number of anilines is 1. The van der Waals surface area contributed by atoms with Crippen molar-refractivity contribution in [1.82, 2.24) is 14.8 Å². The third-order valence-corrected chi connectivity index (χ3v) is 4.70. The summed E-state index contributed by atoms with van der Waals surface area (Å²) in [6.07, 6.45) is 1.72. The van der Waals surface area contributed by atoms with Gasteiger partial charge in [-0.15, -0.1) is 0 Å². The second-order valence-corrected chi connectivity index (χ2v) is 6.50. The van der Waals surface area contributed by atoms with Crippen molar-refractivity contribution in [1.29, 1.82) is 0 Å². The number of alkyl halides is 2. The number of rotatable bonds is 4. The first kappa shape index (κ1) is 17.7. The Morgan fingerprint density at radius 1 is 1.19 bits per heavy atom. The van der Waals surface area contributed by atoms with Gasteiger partial charge in [0.05, 0.1) is 12.1 Å². The standard InChI is InChI=1S/C18H14ClF3N4O/c19-10-5-6-12(16(7-10)27-17(21)22)14-8-15(11-3-1-2-4-13(11)20)26-18(25-14)23-9-24-26/h1-7,9,14-15,17H,8H2,(H,23,24,25)/t14-,15+/m0/s1. The molecule has 2 aromatic carbocycles. The van der Waals surface area contributed by atoms with E-state index in [2.05, 4.69) is 20.1 Å². The van der Waals surface area contributed by atoms with E-state index in [-0.39, 0.29) is 16.6 Å². The van der Waals surface area contributed by atoms with Crippen molar-refractivity contribution in [3.8, 4) is 5.75 Å². The number of aromatic nitrogens is 3. The second-order valence-electron chi connectivity index (χ2n) is 6.06. The van der Waals surface area contributed by atoms with Crippen LogP contribution in [0.4, 0.5) is 19.1 Å². The fourth-order valence-corrected chi connectivity index (χ4v) is 3.48. The Bertz CT molecular complexity index is 965. The van der Waals surface area contributed by atoms with Crippen LogP contribution in [-0.4, -0.2) is 21.4 Å². The lowest BCUT2D eigenvalue weighted by atomic mass is 9.92. The molecule has 0 bridgehead atoms. The average molecular weight is 395 g/mol. The molecule has 0 saturated heterocycles. The third kappa shape index (κ3) is 3.44. The lowest BCUT2D eigenvalue weighted by molar-refractivity contribution is -0.0506. The molecule has 9 heteroatoms. The van der Waals surface area contributed by atoms with Gasteiger partial charge in [-0.3, -0.25) is 0 Å². The van der Waals surface area contributed by atoms with Crippen molar-refractivity contribution in [2.75, 3.05) is 5.32 Å². The van der Waals surface area contributed by atoms with Crippen LogP contribution in [0.1, 0.15) is 29.6 Å². The van der Waals surface area contributed by atoms with Gasteiger partial charge in [0.15, 0.2) is 0 Å². The molecular weight excluding hydrogens is 381 g/mol. The van der Waals surface area contributed by atoms with Gasteiger partial charge in [0.25, 0.3) is 0 Å². The summed E-state index contributed by atoms with van der Waals surface area (Å²) in [5, 5.41) is 7.59. The van der Waals surface area contributed by atoms with Crippen LogP contribution in [-0.2, 0) is 0 Å². The summed E-state index contributed by atoms with van der Waals surface area (Å²) in [6, 6.07) is 10.0. The van der Waals surface area contributed by atoms with Gasteiger partial charge in [-0.05, 0) is 24.6 Å². The Morgan fingerprint density at radius 2 is 2.00 bits per heavy atom. The zero-order chi connectivity index (χ0) is 19.0. The molecule has 0 radical (unpaired) electrons. The smallest absolute Gasteiger partial charge is 0.387 e. The topological polar surface area (TPSA) is 52.0 Å². The number of nitrogens with zero attached hydrogens (tertiary/aromatic N) is 3. The quantitative estimate of drug-likeness (QED) is 0.689. The van der Waals surface area contributed by atoms with E-state index in [9.17, 15) is 13.2 Å². The second kappa shape index (κ2) is 7.11. The van der Waals surface area contributed by atoms with Gasteiger partial charge in [0.2, 0.25) is 5.95 Å². The molecule has 2 heterocycles. The Kier molecular flexibility index (Phi) is 4.65. The molecule has 4 rings (SSSR count). The van der Waals surface area contributed by atoms with E-state index in [1.807, 2.05) is 0 Å². The fourth-order valence-electron chi connectivity index (χ4n) is 3.32. The van der Waals surface area contributed by atoms with Crippen LogP contribution in [0, 0.1) is 5.82 Å². The van der Waals surface area contributed by atoms with Gasteiger partial charge >= 0.3 is 6.61 Å². The van der Waals surface area contributed by atoms with Crippen molar-refractivity contribution in [2.45, 2.75) is 25.1 Å². The molecule has 0 saturated carbocycles. The predicted molar refractivity (Wildman–Crippen MR) is 93.6 cm³/mol. The molecule has 27 heavy (non-hydrogen) atoms. The number of nitrogens with one attached hydrogen (secondary N) is 1. The molecule has 0 spiro atoms. The van der Waals surface area contributed by atoms with Crippen LogP contribution in [0.2, 0.25) is 5.02 Å². The van der Waals surface area contributed by atoms with Crippen LogP contribution in [0.15, 0.2) is 48.8 Å². The van der Waals surface area contributed by atoms with E-state index in [0.29, 0.717) is 23.5 Å². The molecule has 1 aliphatic heterocycles. The minimum Gasteiger partial charge on any atom is -0.434 e. The molecule has 3 aromatic rings. The Balaban J connectivity index is 1.76. The molecule has 140 valence electrons. The van der Waals surface area contributed by atoms with Crippen molar-refractivity contribution in [2.24, 2.45) is 0 Å². The van der Waals surface area contributed by atoms with Crippen LogP contribution in [0.5, 0.6) is 5.75 Å². The number of fused-ring (bicyclic) bond motifs is 1. The maximum absolute atomic E-state index is 14.4. The maximum atomic E-state index is 14.4. The predicted octanol–water partition coefficient (Wildman–Crippen LogP) is 4.82. The monoisotopic (exact) mass is 394 g/mol. The van der Waals surface area contributed by atoms with Gasteiger partial charge in [-0.2, -0.15) is 18.9 Å². The van der Waals surface area contributed by atoms with E-state index >= 15 is 0 Å². The highest BCUT2D eigenvalue weighted by molar-refractivity contribution is 6.30. The highest BCUT2D eigenvalue weighted by Crippen LogP contribution is 2.41. The van der Waals surface area contributed by atoms with Gasteiger partial charge in [0.1, 0.15) is 17.9 Å². The summed E-state index contributed by atoms with van der Waals surface area (Å²) in [5.74, 6) is 0.0115. The third-order valence-electron chi connectivity index (χ3n) is 4.46. The Labute approximate surface area is 157 Å². The summed E-state index contributed by atoms with van der Waals surface area (Å²) < 4.78 is 46.2. The SMILES string of the molecule is Fc1ccccc1[C@H]1C[C@@H](c2ccc(Cl)cc2OC(F)F)Nc2ncnn21. The lowest BCUT2D eigenvalue weighted by Gasteiger charge is -2.32. The molecule has 0 fully saturated rings. The van der Waals surface area contributed by atoms with Crippen molar-refractivity contribution in [3.05, 3.63) is 70.8 Å². The average Bonchev–Trinajstić information content (AvgIpc) is 3.10. The fraction of sp³-hybridized carbons (Fsp3) is 0.222. The highest BCUT2D eigenvalue weighted by Gasteiger charge is 2.33. The Morgan fingerprint density at radius 3 is 2.78 bits per heavy atom. The van der Waals surface area contributed by atoms with Crippen LogP contribution >= 0.6 is 11.6 Å². The van der Waals surface area contributed by atoms with Crippen molar-refractivity contribution < 1.29 is 17.9 Å². The Hall–Kier alpha value is -2.74. The van der Waals surface area contributed by atoms with Gasteiger partial charge in [-0.25, -0.2) is 9.07 Å². The summed E-state index contributed by atoms with van der Waals surface area (Å²) >= 11 is 5.93. The van der Waals surface area contributed by atoms with E-state index in [1.165, 1.54) is 18.5 Å². The van der Waals surface area contributed by atoms with Crippen LogP contribution in [0.25, 0.3) is 0 Å². The summed E-state index contributed by atoms with van der Waals surface area (Å²) in [6.45, 7) is -2.99. The number of halogens is 4. The van der Waals surface area contributed by atoms with Crippen molar-refractivity contribution in [3.63, 3.8) is 0 Å². The van der Waals surface area contributed by atoms with Gasteiger partial charge < -0.3 is 10.1 Å². The lowest BCUT2D eigenvalue weighted by Crippen LogP contribution is -2.29. The zero-order valence-corrected chi connectivity index (χ0v) is 14.6. The van der Waals surface area contributed by atoms with Crippen molar-refractivity contribution >= 4 is 17.5 Å². The molecule has 0 aliphatic carbocycles. The van der Waals surface area contributed by atoms with Gasteiger partial charge in [-0.1, -0.05) is 35.9 Å². The molecule has 1 aliphatic rings. The largest absolute Gasteiger partial charge is 0.434 e. The molecule has 0 unspecified atom stereocenters. The summed E-state index contributed by atoms with van der Waals surface area (Å²) in [4.78, 5) is 4.15. The number of benzene rings is 2. The summed E-state index contributed by atoms with van der Waals surface area (Å²) in [7, 11) is 0. The first-order valence-electron chi connectivity index (χ1n) is 8.17. The van der Waals surface area contributed by atoms with E-state index in [4.69, 9.17) is 11.6 Å². The van der Waals surface area contributed by atoms with Gasteiger partial charge in [0, 0.05) is 16.1 Å². The molecule has 1 aromatic heterocycles. The maximum Gasteiger partial charge on any atom is 0.387 e. The van der Waals surface area contributed by atoms with E-state index in [0.717, 1.165) is 0 Å². The number of ether oxygens (including phenoxy) is 1. The first-order chi connectivity index (χ1) is 13.0. The van der Waals surface area contributed by atoms with Crippen LogP contribution < -0.4 is 10.1 Å². The first-order valence-corrected chi connectivity index (χ1v) is 8.55. The highest BCUT2D eigenvalue weighted by atomic mass is 35.5. The summed E-state index contributed by atoms with van der Waals surface area (Å²) in [5.41, 5.74) is 0.927. The number of hydrogen-bond donors (Lipinski definition) is 1.